The third kappa shape index (κ3) is 2.16. The predicted molar refractivity (Wildman–Crippen MR) is 97.3 cm³/mol. The quantitative estimate of drug-likeness (QED) is 0.350. The van der Waals surface area contributed by atoms with Crippen LogP contribution in [-0.2, 0) is 0 Å². The van der Waals surface area contributed by atoms with Crippen LogP contribution >= 0.6 is 22.7 Å². The molecule has 2 aromatic heterocycles. The molecule has 0 amide bonds. The van der Waals surface area contributed by atoms with Gasteiger partial charge in [-0.2, -0.15) is 0 Å². The molecular formula is C18H14N2S2. The molecule has 4 rings (SSSR count). The lowest BCUT2D eigenvalue weighted by Crippen LogP contribution is -1.67. The summed E-state index contributed by atoms with van der Waals surface area (Å²) < 4.78 is 2.53. The van der Waals surface area contributed by atoms with E-state index in [1.54, 1.807) is 22.7 Å². The normalized spacial score (nSPS) is 11.9. The SMILES string of the molecule is Cc1sc2ccccc2c1N=Nc1c(C)sc2ccccc12. The van der Waals surface area contributed by atoms with Gasteiger partial charge in [0, 0.05) is 29.9 Å². The van der Waals surface area contributed by atoms with Gasteiger partial charge >= 0.3 is 0 Å². The van der Waals surface area contributed by atoms with E-state index in [1.807, 2.05) is 0 Å². The Morgan fingerprint density at radius 1 is 0.636 bits per heavy atom. The number of nitrogens with zero attached hydrogens (tertiary/aromatic N) is 2. The zero-order valence-corrected chi connectivity index (χ0v) is 14.0. The third-order valence-electron chi connectivity index (χ3n) is 3.73. The maximum Gasteiger partial charge on any atom is 0.107 e. The van der Waals surface area contributed by atoms with Crippen molar-refractivity contribution in [3.63, 3.8) is 0 Å². The van der Waals surface area contributed by atoms with Crippen molar-refractivity contribution in [1.82, 2.24) is 0 Å². The van der Waals surface area contributed by atoms with Crippen LogP contribution in [-0.4, -0.2) is 0 Å². The molecule has 2 heterocycles. The molecule has 0 unspecified atom stereocenters. The van der Waals surface area contributed by atoms with Gasteiger partial charge in [-0.25, -0.2) is 0 Å². The molecule has 22 heavy (non-hydrogen) atoms. The van der Waals surface area contributed by atoms with Gasteiger partial charge in [-0.1, -0.05) is 36.4 Å². The minimum absolute atomic E-state index is 0.996. The van der Waals surface area contributed by atoms with Gasteiger partial charge in [0.15, 0.2) is 0 Å². The van der Waals surface area contributed by atoms with Gasteiger partial charge in [0.05, 0.1) is 0 Å². The monoisotopic (exact) mass is 322 g/mol. The molecule has 0 aliphatic carbocycles. The Labute approximate surface area is 136 Å². The van der Waals surface area contributed by atoms with Gasteiger partial charge in [0.2, 0.25) is 0 Å². The number of hydrogen-bond donors (Lipinski definition) is 0. The molecule has 0 spiro atoms. The van der Waals surface area contributed by atoms with E-state index in [2.05, 4.69) is 72.6 Å². The van der Waals surface area contributed by atoms with Crippen LogP contribution in [0.4, 0.5) is 11.4 Å². The molecule has 0 aliphatic rings. The summed E-state index contributed by atoms with van der Waals surface area (Å²) in [5.41, 5.74) is 1.99. The number of rotatable bonds is 2. The largest absolute Gasteiger partial charge is 0.149 e. The standard InChI is InChI=1S/C18H14N2S2/c1-11-17(13-7-3-5-9-15(13)21-11)19-20-18-12(2)22-16-10-6-4-8-14(16)18/h3-10H,1-2H3. The molecule has 2 aromatic carbocycles. The minimum atomic E-state index is 0.996. The lowest BCUT2D eigenvalue weighted by molar-refractivity contribution is 1.24. The fraction of sp³-hybridized carbons (Fsp3) is 0.111. The van der Waals surface area contributed by atoms with Crippen molar-refractivity contribution in [1.29, 1.82) is 0 Å². The van der Waals surface area contributed by atoms with E-state index in [-0.39, 0.29) is 0 Å². The van der Waals surface area contributed by atoms with E-state index in [0.717, 1.165) is 11.4 Å². The number of thiophene rings is 2. The van der Waals surface area contributed by atoms with E-state index in [9.17, 15) is 0 Å². The molecule has 0 saturated carbocycles. The second-order valence-electron chi connectivity index (χ2n) is 5.21. The molecule has 0 fully saturated rings. The first-order chi connectivity index (χ1) is 10.7. The van der Waals surface area contributed by atoms with Gasteiger partial charge in [0.25, 0.3) is 0 Å². The Hall–Kier alpha value is -2.04. The molecule has 4 aromatic rings. The highest BCUT2D eigenvalue weighted by molar-refractivity contribution is 7.20. The summed E-state index contributed by atoms with van der Waals surface area (Å²) >= 11 is 3.55. The van der Waals surface area contributed by atoms with Gasteiger partial charge in [0.1, 0.15) is 11.4 Å². The molecule has 0 bridgehead atoms. The third-order valence-corrected chi connectivity index (χ3v) is 5.88. The molecule has 108 valence electrons. The Morgan fingerprint density at radius 2 is 1.05 bits per heavy atom. The molecule has 0 aliphatic heterocycles. The fourth-order valence-electron chi connectivity index (χ4n) is 2.66. The second kappa shape index (κ2) is 5.30. The van der Waals surface area contributed by atoms with Crippen molar-refractivity contribution in [2.75, 3.05) is 0 Å². The Balaban J connectivity index is 1.86. The molecule has 4 heteroatoms. The van der Waals surface area contributed by atoms with Crippen LogP contribution in [0.5, 0.6) is 0 Å². The molecule has 0 N–H and O–H groups in total. The molecule has 0 saturated heterocycles. The van der Waals surface area contributed by atoms with Crippen LogP contribution in [0.25, 0.3) is 20.2 Å². The maximum absolute atomic E-state index is 4.59. The molecule has 0 radical (unpaired) electrons. The smallest absolute Gasteiger partial charge is 0.107 e. The molecule has 2 nitrogen and oxygen atoms in total. The average molecular weight is 322 g/mol. The molecular weight excluding hydrogens is 308 g/mol. The van der Waals surface area contributed by atoms with Gasteiger partial charge in [-0.3, -0.25) is 0 Å². The van der Waals surface area contributed by atoms with Crippen LogP contribution in [0.15, 0.2) is 58.8 Å². The van der Waals surface area contributed by atoms with E-state index in [0.29, 0.717) is 0 Å². The first-order valence-corrected chi connectivity index (χ1v) is 8.75. The summed E-state index contributed by atoms with van der Waals surface area (Å²) in [6.07, 6.45) is 0. The molecule has 0 atom stereocenters. The fourth-order valence-corrected chi connectivity index (χ4v) is 4.65. The Bertz CT molecular complexity index is 926. The number of aryl methyl sites for hydroxylation is 2. The van der Waals surface area contributed by atoms with E-state index >= 15 is 0 Å². The number of fused-ring (bicyclic) bond motifs is 2. The number of hydrogen-bond acceptors (Lipinski definition) is 4. The number of azo groups is 1. The Kier molecular flexibility index (Phi) is 3.28. The van der Waals surface area contributed by atoms with Gasteiger partial charge < -0.3 is 0 Å². The van der Waals surface area contributed by atoms with Crippen LogP contribution in [0.3, 0.4) is 0 Å². The van der Waals surface area contributed by atoms with Crippen molar-refractivity contribution in [3.8, 4) is 0 Å². The highest BCUT2D eigenvalue weighted by Gasteiger charge is 2.10. The lowest BCUT2D eigenvalue weighted by Gasteiger charge is -1.94. The summed E-state index contributed by atoms with van der Waals surface area (Å²) in [5, 5.41) is 11.6. The zero-order valence-electron chi connectivity index (χ0n) is 12.3. The van der Waals surface area contributed by atoms with Crippen molar-refractivity contribution >= 4 is 54.2 Å². The summed E-state index contributed by atoms with van der Waals surface area (Å²) in [4.78, 5) is 2.42. The van der Waals surface area contributed by atoms with Crippen LogP contribution in [0, 0.1) is 13.8 Å². The first kappa shape index (κ1) is 13.6. The van der Waals surface area contributed by atoms with E-state index in [4.69, 9.17) is 0 Å². The van der Waals surface area contributed by atoms with Crippen molar-refractivity contribution in [2.45, 2.75) is 13.8 Å². The lowest BCUT2D eigenvalue weighted by atomic mass is 10.2. The van der Waals surface area contributed by atoms with E-state index in [1.165, 1.54) is 29.9 Å². The van der Waals surface area contributed by atoms with Crippen LogP contribution < -0.4 is 0 Å². The van der Waals surface area contributed by atoms with Crippen molar-refractivity contribution < 1.29 is 0 Å². The topological polar surface area (TPSA) is 24.7 Å². The first-order valence-electron chi connectivity index (χ1n) is 7.12. The summed E-state index contributed by atoms with van der Waals surface area (Å²) in [7, 11) is 0. The van der Waals surface area contributed by atoms with Crippen LogP contribution in [0.2, 0.25) is 0 Å². The number of benzene rings is 2. The van der Waals surface area contributed by atoms with Crippen LogP contribution in [0.1, 0.15) is 9.75 Å². The van der Waals surface area contributed by atoms with Gasteiger partial charge in [-0.15, -0.1) is 32.9 Å². The van der Waals surface area contributed by atoms with E-state index < -0.39 is 0 Å². The maximum atomic E-state index is 4.59. The zero-order chi connectivity index (χ0) is 15.1. The van der Waals surface area contributed by atoms with Crippen molar-refractivity contribution in [3.05, 3.63) is 58.3 Å². The highest BCUT2D eigenvalue weighted by Crippen LogP contribution is 2.41. The van der Waals surface area contributed by atoms with Gasteiger partial charge in [-0.05, 0) is 26.0 Å². The Morgan fingerprint density at radius 3 is 1.50 bits per heavy atom. The second-order valence-corrected chi connectivity index (χ2v) is 7.72. The predicted octanol–water partition coefficient (Wildman–Crippen LogP) is 7.15. The summed E-state index contributed by atoms with van der Waals surface area (Å²) in [5.74, 6) is 0. The average Bonchev–Trinajstić information content (AvgIpc) is 3.01. The highest BCUT2D eigenvalue weighted by atomic mass is 32.1. The summed E-state index contributed by atoms with van der Waals surface area (Å²) in [6, 6.07) is 16.7. The minimum Gasteiger partial charge on any atom is -0.149 e. The summed E-state index contributed by atoms with van der Waals surface area (Å²) in [6.45, 7) is 4.22. The van der Waals surface area contributed by atoms with Crippen molar-refractivity contribution in [2.24, 2.45) is 10.2 Å².